The van der Waals surface area contributed by atoms with Crippen LogP contribution in [0.25, 0.3) is 0 Å². The average molecular weight is 212 g/mol. The number of aliphatic hydroxyl groups is 1. The van der Waals surface area contributed by atoms with Gasteiger partial charge < -0.3 is 20.1 Å². The third-order valence-electron chi connectivity index (χ3n) is 1.83. The van der Waals surface area contributed by atoms with E-state index < -0.39 is 12.1 Å². The summed E-state index contributed by atoms with van der Waals surface area (Å²) < 4.78 is 4.60. The molecule has 3 N–H and O–H groups in total. The van der Waals surface area contributed by atoms with E-state index in [0.29, 0.717) is 5.56 Å². The number of hydrogen-bond acceptors (Lipinski definition) is 5. The molecular weight excluding hydrogens is 200 g/mol. The summed E-state index contributed by atoms with van der Waals surface area (Å²) in [6.45, 7) is 1.06. The molecule has 0 aliphatic carbocycles. The molecule has 5 nitrogen and oxygen atoms in total. The van der Waals surface area contributed by atoms with Gasteiger partial charge in [0.05, 0.1) is 0 Å². The van der Waals surface area contributed by atoms with Crippen LogP contribution in [-0.4, -0.2) is 27.9 Å². The lowest BCUT2D eigenvalue weighted by atomic mass is 10.1. The summed E-state index contributed by atoms with van der Waals surface area (Å²) in [6.07, 6.45) is -1.01. The lowest BCUT2D eigenvalue weighted by Gasteiger charge is -2.11. The first-order valence-electron chi connectivity index (χ1n) is 4.34. The van der Waals surface area contributed by atoms with Gasteiger partial charge in [-0.25, -0.2) is 0 Å². The topological polar surface area (TPSA) is 87.0 Å². The predicted molar refractivity (Wildman–Crippen MR) is 51.4 cm³/mol. The summed E-state index contributed by atoms with van der Waals surface area (Å²) in [7, 11) is 0. The summed E-state index contributed by atoms with van der Waals surface area (Å²) >= 11 is 0. The van der Waals surface area contributed by atoms with Crippen LogP contribution in [0.1, 0.15) is 18.6 Å². The van der Waals surface area contributed by atoms with Gasteiger partial charge in [0, 0.05) is 6.92 Å². The highest BCUT2D eigenvalue weighted by atomic mass is 16.5. The van der Waals surface area contributed by atoms with Crippen LogP contribution >= 0.6 is 0 Å². The summed E-state index contributed by atoms with van der Waals surface area (Å²) in [6, 6.07) is 3.90. The van der Waals surface area contributed by atoms with Gasteiger partial charge in [0.2, 0.25) is 0 Å². The normalized spacial score (nSPS) is 12.1. The third-order valence-corrected chi connectivity index (χ3v) is 1.83. The van der Waals surface area contributed by atoms with Crippen molar-refractivity contribution in [2.45, 2.75) is 13.0 Å². The maximum atomic E-state index is 10.5. The van der Waals surface area contributed by atoms with Crippen molar-refractivity contribution in [3.05, 3.63) is 23.8 Å². The van der Waals surface area contributed by atoms with Crippen molar-refractivity contribution in [2.24, 2.45) is 0 Å². The van der Waals surface area contributed by atoms with Gasteiger partial charge in [-0.2, -0.15) is 0 Å². The van der Waals surface area contributed by atoms with Crippen LogP contribution < -0.4 is 0 Å². The van der Waals surface area contributed by atoms with E-state index in [9.17, 15) is 9.90 Å². The summed E-state index contributed by atoms with van der Waals surface area (Å²) in [5.41, 5.74) is 0.367. The Labute approximate surface area is 86.5 Å². The number of hydrogen-bond donors (Lipinski definition) is 3. The molecule has 15 heavy (non-hydrogen) atoms. The molecule has 0 fully saturated rings. The van der Waals surface area contributed by atoms with E-state index >= 15 is 0 Å². The fourth-order valence-electron chi connectivity index (χ4n) is 1.04. The molecule has 0 amide bonds. The van der Waals surface area contributed by atoms with Gasteiger partial charge in [-0.3, -0.25) is 4.79 Å². The Balaban J connectivity index is 2.69. The maximum Gasteiger partial charge on any atom is 0.302 e. The Morgan fingerprint density at radius 1 is 1.40 bits per heavy atom. The van der Waals surface area contributed by atoms with Crippen molar-refractivity contribution >= 4 is 5.97 Å². The molecule has 0 aromatic heterocycles. The highest BCUT2D eigenvalue weighted by Crippen LogP contribution is 2.27. The SMILES string of the molecule is CC(=O)OCC(O)c1ccc(O)c(O)c1. The molecule has 1 aromatic rings. The van der Waals surface area contributed by atoms with Crippen molar-refractivity contribution < 1.29 is 24.9 Å². The van der Waals surface area contributed by atoms with Gasteiger partial charge >= 0.3 is 5.97 Å². The van der Waals surface area contributed by atoms with Crippen molar-refractivity contribution in [1.82, 2.24) is 0 Å². The highest BCUT2D eigenvalue weighted by molar-refractivity contribution is 5.65. The number of esters is 1. The van der Waals surface area contributed by atoms with Crippen molar-refractivity contribution in [3.63, 3.8) is 0 Å². The van der Waals surface area contributed by atoms with Crippen LogP contribution in [0.15, 0.2) is 18.2 Å². The van der Waals surface area contributed by atoms with E-state index in [1.807, 2.05) is 0 Å². The van der Waals surface area contributed by atoms with Crippen LogP contribution in [-0.2, 0) is 9.53 Å². The van der Waals surface area contributed by atoms with Gasteiger partial charge in [-0.05, 0) is 17.7 Å². The number of phenols is 2. The minimum atomic E-state index is -1.01. The second-order valence-corrected chi connectivity index (χ2v) is 3.07. The van der Waals surface area contributed by atoms with Crippen LogP contribution in [0, 0.1) is 0 Å². The standard InChI is InChI=1S/C10H12O5/c1-6(11)15-5-10(14)7-2-3-8(12)9(13)4-7/h2-4,10,12-14H,5H2,1H3. The number of ether oxygens (including phenoxy) is 1. The Kier molecular flexibility index (Phi) is 3.51. The largest absolute Gasteiger partial charge is 0.504 e. The molecule has 0 heterocycles. The number of aliphatic hydroxyl groups excluding tert-OH is 1. The van der Waals surface area contributed by atoms with E-state index in [2.05, 4.69) is 4.74 Å². The van der Waals surface area contributed by atoms with Gasteiger partial charge in [-0.15, -0.1) is 0 Å². The van der Waals surface area contributed by atoms with E-state index in [4.69, 9.17) is 10.2 Å². The molecule has 82 valence electrons. The average Bonchev–Trinajstić information content (AvgIpc) is 2.18. The van der Waals surface area contributed by atoms with E-state index in [-0.39, 0.29) is 18.1 Å². The van der Waals surface area contributed by atoms with Gasteiger partial charge in [0.1, 0.15) is 12.7 Å². The van der Waals surface area contributed by atoms with Crippen molar-refractivity contribution in [2.75, 3.05) is 6.61 Å². The summed E-state index contributed by atoms with van der Waals surface area (Å²) in [5.74, 6) is -1.08. The fourth-order valence-corrected chi connectivity index (χ4v) is 1.04. The fraction of sp³-hybridized carbons (Fsp3) is 0.300. The monoisotopic (exact) mass is 212 g/mol. The highest BCUT2D eigenvalue weighted by Gasteiger charge is 2.11. The van der Waals surface area contributed by atoms with Crippen LogP contribution in [0.3, 0.4) is 0 Å². The number of rotatable bonds is 3. The molecule has 0 radical (unpaired) electrons. The van der Waals surface area contributed by atoms with E-state index in [0.717, 1.165) is 0 Å². The minimum Gasteiger partial charge on any atom is -0.504 e. The third kappa shape index (κ3) is 3.14. The predicted octanol–water partition coefficient (Wildman–Crippen LogP) is 0.694. The van der Waals surface area contributed by atoms with Gasteiger partial charge in [0.15, 0.2) is 11.5 Å². The zero-order valence-corrected chi connectivity index (χ0v) is 8.17. The van der Waals surface area contributed by atoms with Crippen LogP contribution in [0.2, 0.25) is 0 Å². The molecule has 1 unspecified atom stereocenters. The second-order valence-electron chi connectivity index (χ2n) is 3.07. The number of benzene rings is 1. The Morgan fingerprint density at radius 3 is 2.60 bits per heavy atom. The van der Waals surface area contributed by atoms with Crippen molar-refractivity contribution in [3.8, 4) is 11.5 Å². The first-order valence-corrected chi connectivity index (χ1v) is 4.34. The number of carbonyl (C=O) groups is 1. The Bertz CT molecular complexity index is 361. The molecule has 0 saturated heterocycles. The molecule has 1 atom stereocenters. The lowest BCUT2D eigenvalue weighted by molar-refractivity contribution is -0.144. The molecular formula is C10H12O5. The molecule has 1 rings (SSSR count). The zero-order valence-electron chi connectivity index (χ0n) is 8.17. The molecule has 0 spiro atoms. The maximum absolute atomic E-state index is 10.5. The van der Waals surface area contributed by atoms with Gasteiger partial charge in [-0.1, -0.05) is 6.07 Å². The van der Waals surface area contributed by atoms with E-state index in [1.165, 1.54) is 25.1 Å². The first kappa shape index (κ1) is 11.3. The summed E-state index contributed by atoms with van der Waals surface area (Å²) in [4.78, 5) is 10.5. The van der Waals surface area contributed by atoms with Gasteiger partial charge in [0.25, 0.3) is 0 Å². The van der Waals surface area contributed by atoms with Crippen LogP contribution in [0.4, 0.5) is 0 Å². The molecule has 0 bridgehead atoms. The smallest absolute Gasteiger partial charge is 0.302 e. The summed E-state index contributed by atoms with van der Waals surface area (Å²) in [5, 5.41) is 27.7. The Morgan fingerprint density at radius 2 is 2.07 bits per heavy atom. The molecule has 5 heteroatoms. The second kappa shape index (κ2) is 4.65. The van der Waals surface area contributed by atoms with Crippen LogP contribution in [0.5, 0.6) is 11.5 Å². The minimum absolute atomic E-state index is 0.181. The quantitative estimate of drug-likeness (QED) is 0.507. The van der Waals surface area contributed by atoms with Crippen molar-refractivity contribution in [1.29, 1.82) is 0 Å². The molecule has 0 aliphatic rings. The number of carbonyl (C=O) groups excluding carboxylic acids is 1. The number of aromatic hydroxyl groups is 2. The zero-order chi connectivity index (χ0) is 11.4. The molecule has 0 aliphatic heterocycles. The van der Waals surface area contributed by atoms with E-state index in [1.54, 1.807) is 0 Å². The number of phenolic OH excluding ortho intramolecular Hbond substituents is 2. The molecule has 1 aromatic carbocycles. The molecule has 0 saturated carbocycles. The first-order chi connectivity index (χ1) is 7.00. The lowest BCUT2D eigenvalue weighted by Crippen LogP contribution is -2.09. The Hall–Kier alpha value is -1.75.